The summed E-state index contributed by atoms with van der Waals surface area (Å²) in [7, 11) is -3.58. The molecule has 1 amide bonds. The van der Waals surface area contributed by atoms with E-state index in [9.17, 15) is 13.2 Å². The number of nitrogens with one attached hydrogen (secondary N) is 1. The van der Waals surface area contributed by atoms with E-state index in [1.165, 1.54) is 12.7 Å². The van der Waals surface area contributed by atoms with Gasteiger partial charge < -0.3 is 14.6 Å². The summed E-state index contributed by atoms with van der Waals surface area (Å²) in [6.07, 6.45) is 7.62. The van der Waals surface area contributed by atoms with E-state index >= 15 is 0 Å². The van der Waals surface area contributed by atoms with Crippen molar-refractivity contribution in [3.05, 3.63) is 42.4 Å². The maximum atomic E-state index is 13.1. The summed E-state index contributed by atoms with van der Waals surface area (Å²) in [4.78, 5) is 15.0. The Bertz CT molecular complexity index is 944. The van der Waals surface area contributed by atoms with Gasteiger partial charge in [0.2, 0.25) is 10.0 Å². The van der Waals surface area contributed by atoms with E-state index in [1.807, 2.05) is 6.07 Å². The highest BCUT2D eigenvalue weighted by Gasteiger charge is 2.28. The van der Waals surface area contributed by atoms with Crippen molar-refractivity contribution >= 4 is 27.3 Å². The van der Waals surface area contributed by atoms with Crippen molar-refractivity contribution in [3.8, 4) is 0 Å². The minimum absolute atomic E-state index is 0.193. The fourth-order valence-corrected chi connectivity index (χ4v) is 5.58. The molecule has 2 aliphatic rings. The SMILES string of the molecule is O=C(Nc1cc(S(=O)(=O)N2CCCCC2)ccc1N1CCCCC1)c1ccco1. The van der Waals surface area contributed by atoms with Gasteiger partial charge in [0.05, 0.1) is 22.5 Å². The highest BCUT2D eigenvalue weighted by atomic mass is 32.2. The lowest BCUT2D eigenvalue weighted by Crippen LogP contribution is -2.35. The average Bonchev–Trinajstić information content (AvgIpc) is 3.30. The van der Waals surface area contributed by atoms with Gasteiger partial charge >= 0.3 is 0 Å². The number of piperidine rings is 2. The molecule has 0 atom stereocenters. The summed E-state index contributed by atoms with van der Waals surface area (Å²) in [6.45, 7) is 2.87. The largest absolute Gasteiger partial charge is 0.459 e. The zero-order valence-corrected chi connectivity index (χ0v) is 17.3. The molecule has 0 aliphatic carbocycles. The maximum Gasteiger partial charge on any atom is 0.291 e. The van der Waals surface area contributed by atoms with Crippen molar-refractivity contribution in [3.63, 3.8) is 0 Å². The maximum absolute atomic E-state index is 13.1. The van der Waals surface area contributed by atoms with Crippen LogP contribution in [0.15, 0.2) is 45.9 Å². The zero-order chi connectivity index (χ0) is 20.3. The number of hydrogen-bond donors (Lipinski definition) is 1. The number of furan rings is 1. The molecule has 2 aromatic rings. The van der Waals surface area contributed by atoms with E-state index in [0.29, 0.717) is 18.8 Å². The number of rotatable bonds is 5. The fourth-order valence-electron chi connectivity index (χ4n) is 4.03. The van der Waals surface area contributed by atoms with Gasteiger partial charge in [0.1, 0.15) is 0 Å². The fraction of sp³-hybridized carbons (Fsp3) is 0.476. The van der Waals surface area contributed by atoms with Crippen molar-refractivity contribution in [2.24, 2.45) is 0 Å². The van der Waals surface area contributed by atoms with Crippen LogP contribution in [0.3, 0.4) is 0 Å². The van der Waals surface area contributed by atoms with Gasteiger partial charge in [0.15, 0.2) is 5.76 Å². The third-order valence-electron chi connectivity index (χ3n) is 5.61. The third kappa shape index (κ3) is 4.33. The highest BCUT2D eigenvalue weighted by molar-refractivity contribution is 7.89. The van der Waals surface area contributed by atoms with Gasteiger partial charge in [-0.05, 0) is 62.4 Å². The van der Waals surface area contributed by atoms with Crippen LogP contribution in [-0.2, 0) is 10.0 Å². The molecule has 2 fully saturated rings. The molecule has 0 unspecified atom stereocenters. The van der Waals surface area contributed by atoms with Crippen LogP contribution in [-0.4, -0.2) is 44.8 Å². The van der Waals surface area contributed by atoms with Crippen LogP contribution in [0.5, 0.6) is 0 Å². The Morgan fingerprint density at radius 2 is 1.62 bits per heavy atom. The van der Waals surface area contributed by atoms with Crippen molar-refractivity contribution in [2.75, 3.05) is 36.4 Å². The lowest BCUT2D eigenvalue weighted by molar-refractivity contribution is 0.0996. The molecule has 0 saturated carbocycles. The number of hydrogen-bond acceptors (Lipinski definition) is 5. The van der Waals surface area contributed by atoms with Gasteiger partial charge in [0.25, 0.3) is 5.91 Å². The first-order valence-corrected chi connectivity index (χ1v) is 11.7. The number of benzene rings is 1. The van der Waals surface area contributed by atoms with Crippen molar-refractivity contribution in [1.29, 1.82) is 0 Å². The predicted molar refractivity (Wildman–Crippen MR) is 112 cm³/mol. The van der Waals surface area contributed by atoms with Crippen LogP contribution in [0.25, 0.3) is 0 Å². The molecule has 7 nitrogen and oxygen atoms in total. The predicted octanol–water partition coefficient (Wildman–Crippen LogP) is 3.70. The normalized spacial score (nSPS) is 18.6. The lowest BCUT2D eigenvalue weighted by Gasteiger charge is -2.31. The second-order valence-electron chi connectivity index (χ2n) is 7.62. The monoisotopic (exact) mass is 417 g/mol. The van der Waals surface area contributed by atoms with E-state index in [2.05, 4.69) is 10.2 Å². The molecule has 3 heterocycles. The van der Waals surface area contributed by atoms with E-state index in [-0.39, 0.29) is 16.6 Å². The second-order valence-corrected chi connectivity index (χ2v) is 9.56. The Morgan fingerprint density at radius 1 is 0.931 bits per heavy atom. The van der Waals surface area contributed by atoms with Crippen molar-refractivity contribution in [2.45, 2.75) is 43.4 Å². The number of carbonyl (C=O) groups excluding carboxylic acids is 1. The minimum Gasteiger partial charge on any atom is -0.459 e. The quantitative estimate of drug-likeness (QED) is 0.802. The van der Waals surface area contributed by atoms with Crippen LogP contribution in [0.2, 0.25) is 0 Å². The molecule has 0 spiro atoms. The molecule has 0 bridgehead atoms. The molecule has 2 aliphatic heterocycles. The average molecular weight is 418 g/mol. The smallest absolute Gasteiger partial charge is 0.291 e. The van der Waals surface area contributed by atoms with Crippen LogP contribution in [0.4, 0.5) is 11.4 Å². The molecule has 8 heteroatoms. The van der Waals surface area contributed by atoms with E-state index in [4.69, 9.17) is 4.42 Å². The van der Waals surface area contributed by atoms with Gasteiger partial charge in [0, 0.05) is 26.2 Å². The highest BCUT2D eigenvalue weighted by Crippen LogP contribution is 2.33. The summed E-state index contributed by atoms with van der Waals surface area (Å²) in [5.74, 6) is -0.195. The van der Waals surface area contributed by atoms with Gasteiger partial charge in [-0.25, -0.2) is 8.42 Å². The van der Waals surface area contributed by atoms with Gasteiger partial charge in [-0.15, -0.1) is 0 Å². The summed E-state index contributed by atoms with van der Waals surface area (Å²) < 4.78 is 33.0. The van der Waals surface area contributed by atoms with E-state index in [1.54, 1.807) is 28.6 Å². The zero-order valence-electron chi connectivity index (χ0n) is 16.5. The Morgan fingerprint density at radius 3 is 2.28 bits per heavy atom. The molecular formula is C21H27N3O4S. The second kappa shape index (κ2) is 8.59. The summed E-state index contributed by atoms with van der Waals surface area (Å²) >= 11 is 0. The Hall–Kier alpha value is -2.32. The number of sulfonamides is 1. The number of anilines is 2. The molecule has 1 N–H and O–H groups in total. The van der Waals surface area contributed by atoms with Crippen LogP contribution in [0, 0.1) is 0 Å². The summed E-state index contributed by atoms with van der Waals surface area (Å²) in [6, 6.07) is 8.31. The molecule has 1 aromatic heterocycles. The lowest BCUT2D eigenvalue weighted by atomic mass is 10.1. The van der Waals surface area contributed by atoms with Crippen LogP contribution < -0.4 is 10.2 Å². The molecule has 1 aromatic carbocycles. The van der Waals surface area contributed by atoms with E-state index < -0.39 is 10.0 Å². The molecule has 29 heavy (non-hydrogen) atoms. The number of nitrogens with zero attached hydrogens (tertiary/aromatic N) is 2. The van der Waals surface area contributed by atoms with Gasteiger partial charge in [-0.2, -0.15) is 4.31 Å². The topological polar surface area (TPSA) is 82.9 Å². The number of carbonyl (C=O) groups is 1. The first-order valence-electron chi connectivity index (χ1n) is 10.3. The standard InChI is InChI=1S/C21H27N3O4S/c25-21(20-8-7-15-28-20)22-18-16-17(29(26,27)24-13-5-2-6-14-24)9-10-19(18)23-11-3-1-4-12-23/h7-10,15-16H,1-6,11-14H2,(H,22,25). The molecule has 2 saturated heterocycles. The number of amides is 1. The summed E-state index contributed by atoms with van der Waals surface area (Å²) in [5.41, 5.74) is 1.36. The first-order chi connectivity index (χ1) is 14.1. The summed E-state index contributed by atoms with van der Waals surface area (Å²) in [5, 5.41) is 2.87. The Kier molecular flexibility index (Phi) is 5.91. The van der Waals surface area contributed by atoms with Crippen molar-refractivity contribution in [1.82, 2.24) is 4.31 Å². The van der Waals surface area contributed by atoms with Crippen LogP contribution in [0.1, 0.15) is 49.1 Å². The van der Waals surface area contributed by atoms with Gasteiger partial charge in [-0.1, -0.05) is 6.42 Å². The Labute approximate surface area is 171 Å². The molecular weight excluding hydrogens is 390 g/mol. The van der Waals surface area contributed by atoms with E-state index in [0.717, 1.165) is 50.9 Å². The molecule has 0 radical (unpaired) electrons. The first kappa shape index (κ1) is 20.0. The molecule has 4 rings (SSSR count). The minimum atomic E-state index is -3.58. The van der Waals surface area contributed by atoms with Crippen LogP contribution >= 0.6 is 0 Å². The third-order valence-corrected chi connectivity index (χ3v) is 7.51. The molecule has 156 valence electrons. The van der Waals surface area contributed by atoms with Gasteiger partial charge in [-0.3, -0.25) is 4.79 Å². The van der Waals surface area contributed by atoms with Crippen molar-refractivity contribution < 1.29 is 17.6 Å². The Balaban J connectivity index is 1.68.